The highest BCUT2D eigenvalue weighted by molar-refractivity contribution is 7.15. The van der Waals surface area contributed by atoms with Gasteiger partial charge in [-0.1, -0.05) is 0 Å². The molecule has 0 aromatic carbocycles. The summed E-state index contributed by atoms with van der Waals surface area (Å²) >= 11 is 1.27. The molecule has 0 aliphatic heterocycles. The number of hydrogen-bond donors (Lipinski definition) is 3. The van der Waals surface area contributed by atoms with Crippen LogP contribution in [0.4, 0.5) is 0 Å². The van der Waals surface area contributed by atoms with Gasteiger partial charge in [0.1, 0.15) is 5.56 Å². The standard InChI is InChI=1S/C11H11N3O5S/c15-7(10(18)19)1-2-12-8(16)6-5-13-11-14(9(6)17)3-4-20-11/h3-5,7,15H,1-2H2,(H,12,16)(H,18,19). The quantitative estimate of drug-likeness (QED) is 0.672. The number of fused-ring (bicyclic) bond motifs is 1. The summed E-state index contributed by atoms with van der Waals surface area (Å²) in [6.45, 7) is -0.0575. The van der Waals surface area contributed by atoms with E-state index in [4.69, 9.17) is 10.2 Å². The second kappa shape index (κ2) is 5.80. The lowest BCUT2D eigenvalue weighted by Gasteiger charge is -2.07. The van der Waals surface area contributed by atoms with Crippen molar-refractivity contribution in [3.05, 3.63) is 33.7 Å². The van der Waals surface area contributed by atoms with Crippen LogP contribution in [0.2, 0.25) is 0 Å². The highest BCUT2D eigenvalue weighted by Gasteiger charge is 2.16. The van der Waals surface area contributed by atoms with Gasteiger partial charge in [0.15, 0.2) is 11.1 Å². The molecular weight excluding hydrogens is 286 g/mol. The Morgan fingerprint density at radius 1 is 1.50 bits per heavy atom. The lowest BCUT2D eigenvalue weighted by atomic mass is 10.2. The molecule has 2 aromatic heterocycles. The van der Waals surface area contributed by atoms with E-state index in [-0.39, 0.29) is 18.5 Å². The topological polar surface area (TPSA) is 121 Å². The Hall–Kier alpha value is -2.26. The first-order valence-electron chi connectivity index (χ1n) is 5.64. The second-order valence-electron chi connectivity index (χ2n) is 3.93. The first kappa shape index (κ1) is 14.2. The molecule has 0 aliphatic carbocycles. The molecule has 106 valence electrons. The third kappa shape index (κ3) is 2.83. The summed E-state index contributed by atoms with van der Waals surface area (Å²) in [5.41, 5.74) is -0.627. The van der Waals surface area contributed by atoms with Crippen molar-refractivity contribution in [2.45, 2.75) is 12.5 Å². The molecule has 8 nitrogen and oxygen atoms in total. The van der Waals surface area contributed by atoms with Crippen molar-refractivity contribution in [3.8, 4) is 0 Å². The Bertz CT molecular complexity index is 707. The summed E-state index contributed by atoms with van der Waals surface area (Å²) < 4.78 is 1.26. The smallest absolute Gasteiger partial charge is 0.332 e. The molecule has 2 rings (SSSR count). The summed E-state index contributed by atoms with van der Waals surface area (Å²) in [6.07, 6.45) is 1.00. The molecule has 1 atom stereocenters. The molecule has 0 spiro atoms. The number of carboxylic acids is 1. The highest BCUT2D eigenvalue weighted by atomic mass is 32.1. The van der Waals surface area contributed by atoms with E-state index in [0.29, 0.717) is 4.96 Å². The molecule has 20 heavy (non-hydrogen) atoms. The number of aliphatic carboxylic acids is 1. The van der Waals surface area contributed by atoms with Gasteiger partial charge in [-0.05, 0) is 0 Å². The third-order valence-electron chi connectivity index (χ3n) is 2.58. The van der Waals surface area contributed by atoms with Crippen molar-refractivity contribution in [2.75, 3.05) is 6.54 Å². The molecule has 2 aromatic rings. The lowest BCUT2D eigenvalue weighted by Crippen LogP contribution is -2.34. The molecule has 3 N–H and O–H groups in total. The molecule has 1 amide bonds. The van der Waals surface area contributed by atoms with Crippen LogP contribution >= 0.6 is 11.3 Å². The van der Waals surface area contributed by atoms with Crippen LogP contribution in [0.1, 0.15) is 16.8 Å². The number of carboxylic acid groups (broad SMARTS) is 1. The van der Waals surface area contributed by atoms with E-state index in [1.165, 1.54) is 28.1 Å². The van der Waals surface area contributed by atoms with Crippen LogP contribution in [0.15, 0.2) is 22.6 Å². The van der Waals surface area contributed by atoms with E-state index in [2.05, 4.69) is 10.3 Å². The van der Waals surface area contributed by atoms with Crippen molar-refractivity contribution in [2.24, 2.45) is 0 Å². The highest BCUT2D eigenvalue weighted by Crippen LogP contribution is 2.05. The molecular formula is C11H11N3O5S. The summed E-state index contributed by atoms with van der Waals surface area (Å²) in [5, 5.41) is 21.6. The van der Waals surface area contributed by atoms with Gasteiger partial charge in [0.05, 0.1) is 0 Å². The molecule has 0 bridgehead atoms. The minimum Gasteiger partial charge on any atom is -0.479 e. The molecule has 0 saturated heterocycles. The fourth-order valence-electron chi connectivity index (χ4n) is 1.52. The number of rotatable bonds is 5. The van der Waals surface area contributed by atoms with E-state index in [1.54, 1.807) is 5.38 Å². The molecule has 0 fully saturated rings. The van der Waals surface area contributed by atoms with Crippen LogP contribution in [0.25, 0.3) is 4.96 Å². The van der Waals surface area contributed by atoms with Gasteiger partial charge in [-0.25, -0.2) is 9.78 Å². The molecule has 0 radical (unpaired) electrons. The predicted octanol–water partition coefficient (Wildman–Crippen LogP) is -0.679. The van der Waals surface area contributed by atoms with Crippen LogP contribution in [0.3, 0.4) is 0 Å². The molecule has 9 heteroatoms. The molecule has 1 unspecified atom stereocenters. The fraction of sp³-hybridized carbons (Fsp3) is 0.273. The normalized spacial score (nSPS) is 12.2. The van der Waals surface area contributed by atoms with Crippen LogP contribution < -0.4 is 10.9 Å². The number of amides is 1. The number of carbonyl (C=O) groups excluding carboxylic acids is 1. The summed E-state index contributed by atoms with van der Waals surface area (Å²) in [4.78, 5) is 38.6. The largest absolute Gasteiger partial charge is 0.479 e. The van der Waals surface area contributed by atoms with E-state index in [1.807, 2.05) is 0 Å². The molecule has 0 aliphatic rings. The minimum absolute atomic E-state index is 0.0575. The maximum Gasteiger partial charge on any atom is 0.332 e. The van der Waals surface area contributed by atoms with Crippen LogP contribution in [-0.4, -0.2) is 44.1 Å². The average Bonchev–Trinajstić information content (AvgIpc) is 2.87. The predicted molar refractivity (Wildman–Crippen MR) is 69.9 cm³/mol. The van der Waals surface area contributed by atoms with Crippen molar-refractivity contribution < 1.29 is 19.8 Å². The summed E-state index contributed by atoms with van der Waals surface area (Å²) in [5.74, 6) is -2.01. The number of nitrogens with zero attached hydrogens (tertiary/aromatic N) is 2. The van der Waals surface area contributed by atoms with Gasteiger partial charge >= 0.3 is 5.97 Å². The van der Waals surface area contributed by atoms with Gasteiger partial charge in [-0.15, -0.1) is 11.3 Å². The lowest BCUT2D eigenvalue weighted by molar-refractivity contribution is -0.146. The number of nitrogens with one attached hydrogen (secondary N) is 1. The van der Waals surface area contributed by atoms with Gasteiger partial charge in [0.2, 0.25) is 0 Å². The fourth-order valence-corrected chi connectivity index (χ4v) is 2.20. The van der Waals surface area contributed by atoms with Crippen LogP contribution in [0.5, 0.6) is 0 Å². The average molecular weight is 297 g/mol. The van der Waals surface area contributed by atoms with E-state index >= 15 is 0 Å². The zero-order valence-electron chi connectivity index (χ0n) is 10.1. The van der Waals surface area contributed by atoms with E-state index in [0.717, 1.165) is 0 Å². The Morgan fingerprint density at radius 3 is 2.95 bits per heavy atom. The number of aromatic nitrogens is 2. The Morgan fingerprint density at radius 2 is 2.25 bits per heavy atom. The first-order chi connectivity index (χ1) is 9.50. The second-order valence-corrected chi connectivity index (χ2v) is 4.80. The van der Waals surface area contributed by atoms with Crippen molar-refractivity contribution in [3.63, 3.8) is 0 Å². The number of hydrogen-bond acceptors (Lipinski definition) is 6. The van der Waals surface area contributed by atoms with E-state index < -0.39 is 23.5 Å². The number of carbonyl (C=O) groups is 2. The van der Waals surface area contributed by atoms with Crippen LogP contribution in [-0.2, 0) is 4.79 Å². The van der Waals surface area contributed by atoms with Crippen molar-refractivity contribution in [1.82, 2.24) is 14.7 Å². The molecule has 2 heterocycles. The SMILES string of the molecule is O=C(NCCC(O)C(=O)O)c1cnc2sccn2c1=O. The summed E-state index contributed by atoms with van der Waals surface area (Å²) in [6, 6.07) is 0. The minimum atomic E-state index is -1.55. The Kier molecular flexibility index (Phi) is 4.11. The number of thiazole rings is 1. The zero-order valence-corrected chi connectivity index (χ0v) is 11.0. The number of aliphatic hydroxyl groups is 1. The zero-order chi connectivity index (χ0) is 14.7. The van der Waals surface area contributed by atoms with Gasteiger partial charge < -0.3 is 15.5 Å². The first-order valence-corrected chi connectivity index (χ1v) is 6.52. The summed E-state index contributed by atoms with van der Waals surface area (Å²) in [7, 11) is 0. The van der Waals surface area contributed by atoms with Gasteiger partial charge in [0.25, 0.3) is 11.5 Å². The third-order valence-corrected chi connectivity index (χ3v) is 3.35. The van der Waals surface area contributed by atoms with Gasteiger partial charge in [0, 0.05) is 30.7 Å². The van der Waals surface area contributed by atoms with E-state index in [9.17, 15) is 14.4 Å². The van der Waals surface area contributed by atoms with Gasteiger partial charge in [-0.3, -0.25) is 14.0 Å². The Labute approximate surface area is 116 Å². The monoisotopic (exact) mass is 297 g/mol. The maximum atomic E-state index is 12.0. The van der Waals surface area contributed by atoms with Gasteiger partial charge in [-0.2, -0.15) is 0 Å². The van der Waals surface area contributed by atoms with Crippen LogP contribution in [0, 0.1) is 0 Å². The number of aliphatic hydroxyl groups excluding tert-OH is 1. The maximum absolute atomic E-state index is 12.0. The van der Waals surface area contributed by atoms with Crippen molar-refractivity contribution >= 4 is 28.2 Å². The molecule has 0 saturated carbocycles. The Balaban J connectivity index is 2.06. The van der Waals surface area contributed by atoms with Crippen molar-refractivity contribution in [1.29, 1.82) is 0 Å².